The Bertz CT molecular complexity index is 359. The summed E-state index contributed by atoms with van der Waals surface area (Å²) in [4.78, 5) is 13.3. The number of carbonyl (C=O) groups excluding carboxylic acids is 1. The number of methoxy groups -OCH3 is 1. The van der Waals surface area contributed by atoms with Crippen molar-refractivity contribution in [1.82, 2.24) is 0 Å². The number of likely N-dealkylation sites (N-methyl/N-ethyl adjacent to an activating group) is 1. The van der Waals surface area contributed by atoms with Gasteiger partial charge >= 0.3 is 0 Å². The average molecular weight is 237 g/mol. The van der Waals surface area contributed by atoms with Crippen LogP contribution in [0.5, 0.6) is 5.75 Å². The summed E-state index contributed by atoms with van der Waals surface area (Å²) in [6.45, 7) is 3.90. The minimum atomic E-state index is -0.0659. The maximum absolute atomic E-state index is 11.8. The lowest BCUT2D eigenvalue weighted by Crippen LogP contribution is -2.31. The predicted octanol–water partition coefficient (Wildman–Crippen LogP) is 2.08. The molecule has 1 aromatic rings. The van der Waals surface area contributed by atoms with Crippen LogP contribution in [0.4, 0.5) is 5.69 Å². The molecule has 0 saturated carbocycles. The monoisotopic (exact) mass is 237 g/mol. The quantitative estimate of drug-likeness (QED) is 0.787. The largest absolute Gasteiger partial charge is 0.497 e. The number of hydrogen-bond donors (Lipinski definition) is 0. The molecule has 4 nitrogen and oxygen atoms in total. The number of nitrogens with zero attached hydrogens (tertiary/aromatic N) is 1. The first-order valence-electron chi connectivity index (χ1n) is 5.56. The molecule has 0 radical (unpaired) electrons. The van der Waals surface area contributed by atoms with Gasteiger partial charge in [0.15, 0.2) is 0 Å². The Hall–Kier alpha value is -1.55. The van der Waals surface area contributed by atoms with Crippen LogP contribution in [0.2, 0.25) is 0 Å². The van der Waals surface area contributed by atoms with Crippen LogP contribution in [0.3, 0.4) is 0 Å². The SMILES string of the molecule is COc1ccc(N(C)C(=O)COC(C)C)cc1. The Balaban J connectivity index is 2.61. The van der Waals surface area contributed by atoms with Gasteiger partial charge in [0.2, 0.25) is 0 Å². The van der Waals surface area contributed by atoms with Crippen molar-refractivity contribution < 1.29 is 14.3 Å². The van der Waals surface area contributed by atoms with Gasteiger partial charge in [-0.1, -0.05) is 0 Å². The summed E-state index contributed by atoms with van der Waals surface area (Å²) < 4.78 is 10.3. The van der Waals surface area contributed by atoms with E-state index in [9.17, 15) is 4.79 Å². The van der Waals surface area contributed by atoms with Crippen LogP contribution in [0.25, 0.3) is 0 Å². The van der Waals surface area contributed by atoms with E-state index in [4.69, 9.17) is 9.47 Å². The highest BCUT2D eigenvalue weighted by Crippen LogP contribution is 2.18. The van der Waals surface area contributed by atoms with Gasteiger partial charge in [0.25, 0.3) is 5.91 Å². The maximum atomic E-state index is 11.8. The molecule has 0 spiro atoms. The molecule has 0 aromatic heterocycles. The fourth-order valence-electron chi connectivity index (χ4n) is 1.28. The highest BCUT2D eigenvalue weighted by Gasteiger charge is 2.11. The van der Waals surface area contributed by atoms with Crippen LogP contribution in [0.15, 0.2) is 24.3 Å². The zero-order chi connectivity index (χ0) is 12.8. The van der Waals surface area contributed by atoms with E-state index in [0.717, 1.165) is 11.4 Å². The minimum absolute atomic E-state index is 0.0585. The molecule has 0 fully saturated rings. The lowest BCUT2D eigenvalue weighted by Gasteiger charge is -2.18. The van der Waals surface area contributed by atoms with Gasteiger partial charge in [0.05, 0.1) is 13.2 Å². The first kappa shape index (κ1) is 13.5. The standard InChI is InChI=1S/C13H19NO3/c1-10(2)17-9-13(15)14(3)11-5-7-12(16-4)8-6-11/h5-8,10H,9H2,1-4H3. The summed E-state index contributed by atoms with van der Waals surface area (Å²) in [6, 6.07) is 7.32. The van der Waals surface area contributed by atoms with E-state index in [0.29, 0.717) is 0 Å². The smallest absolute Gasteiger partial charge is 0.252 e. The molecular formula is C13H19NO3. The minimum Gasteiger partial charge on any atom is -0.497 e. The second kappa shape index (κ2) is 6.25. The van der Waals surface area contributed by atoms with Crippen LogP contribution >= 0.6 is 0 Å². The molecule has 0 unspecified atom stereocenters. The maximum Gasteiger partial charge on any atom is 0.252 e. The van der Waals surface area contributed by atoms with E-state index in [-0.39, 0.29) is 18.6 Å². The number of benzene rings is 1. The molecule has 0 bridgehead atoms. The Kier molecular flexibility index (Phi) is 4.97. The van der Waals surface area contributed by atoms with Gasteiger partial charge in [-0.25, -0.2) is 0 Å². The number of anilines is 1. The highest BCUT2D eigenvalue weighted by atomic mass is 16.5. The van der Waals surface area contributed by atoms with Gasteiger partial charge in [0.1, 0.15) is 12.4 Å². The third-order valence-corrected chi connectivity index (χ3v) is 2.37. The molecule has 0 heterocycles. The average Bonchev–Trinajstić information content (AvgIpc) is 2.35. The lowest BCUT2D eigenvalue weighted by atomic mass is 10.3. The van der Waals surface area contributed by atoms with Crippen LogP contribution in [-0.2, 0) is 9.53 Å². The van der Waals surface area contributed by atoms with Crippen molar-refractivity contribution in [3.8, 4) is 5.75 Å². The third kappa shape index (κ3) is 4.07. The topological polar surface area (TPSA) is 38.8 Å². The number of carbonyl (C=O) groups is 1. The number of ether oxygens (including phenoxy) is 2. The molecule has 1 amide bonds. The summed E-state index contributed by atoms with van der Waals surface area (Å²) in [5.41, 5.74) is 0.822. The fourth-order valence-corrected chi connectivity index (χ4v) is 1.28. The Morgan fingerprint density at radius 3 is 2.35 bits per heavy atom. The van der Waals surface area contributed by atoms with Gasteiger partial charge < -0.3 is 14.4 Å². The lowest BCUT2D eigenvalue weighted by molar-refractivity contribution is -0.124. The van der Waals surface area contributed by atoms with Crippen molar-refractivity contribution in [3.63, 3.8) is 0 Å². The summed E-state index contributed by atoms with van der Waals surface area (Å²) in [5.74, 6) is 0.705. The van der Waals surface area contributed by atoms with Gasteiger partial charge in [-0.2, -0.15) is 0 Å². The number of rotatable bonds is 5. The molecule has 0 atom stereocenters. The van der Waals surface area contributed by atoms with Gasteiger partial charge in [0, 0.05) is 12.7 Å². The predicted molar refractivity (Wildman–Crippen MR) is 67.5 cm³/mol. The van der Waals surface area contributed by atoms with Crippen molar-refractivity contribution >= 4 is 11.6 Å². The molecule has 0 saturated heterocycles. The van der Waals surface area contributed by atoms with Crippen molar-refractivity contribution in [1.29, 1.82) is 0 Å². The van der Waals surface area contributed by atoms with Gasteiger partial charge in [-0.05, 0) is 38.1 Å². The van der Waals surface area contributed by atoms with E-state index in [1.54, 1.807) is 19.1 Å². The molecule has 17 heavy (non-hydrogen) atoms. The second-order valence-corrected chi connectivity index (χ2v) is 4.01. The van der Waals surface area contributed by atoms with E-state index in [2.05, 4.69) is 0 Å². The molecule has 0 aliphatic rings. The Morgan fingerprint density at radius 1 is 1.29 bits per heavy atom. The number of amides is 1. The summed E-state index contributed by atoms with van der Waals surface area (Å²) in [5, 5.41) is 0. The third-order valence-electron chi connectivity index (χ3n) is 2.37. The van der Waals surface area contributed by atoms with Crippen LogP contribution in [0.1, 0.15) is 13.8 Å². The zero-order valence-electron chi connectivity index (χ0n) is 10.8. The zero-order valence-corrected chi connectivity index (χ0v) is 10.8. The van der Waals surface area contributed by atoms with Crippen LogP contribution < -0.4 is 9.64 Å². The number of hydrogen-bond acceptors (Lipinski definition) is 3. The van der Waals surface area contributed by atoms with Crippen molar-refractivity contribution in [2.45, 2.75) is 20.0 Å². The van der Waals surface area contributed by atoms with Crippen molar-refractivity contribution in [3.05, 3.63) is 24.3 Å². The molecule has 94 valence electrons. The van der Waals surface area contributed by atoms with Gasteiger partial charge in [-0.3, -0.25) is 4.79 Å². The highest BCUT2D eigenvalue weighted by molar-refractivity contribution is 5.93. The van der Waals surface area contributed by atoms with Crippen molar-refractivity contribution in [2.75, 3.05) is 25.7 Å². The first-order valence-corrected chi connectivity index (χ1v) is 5.56. The van der Waals surface area contributed by atoms with E-state index in [1.165, 1.54) is 0 Å². The second-order valence-electron chi connectivity index (χ2n) is 4.01. The van der Waals surface area contributed by atoms with E-state index < -0.39 is 0 Å². The summed E-state index contributed by atoms with van der Waals surface area (Å²) >= 11 is 0. The van der Waals surface area contributed by atoms with Crippen LogP contribution in [0, 0.1) is 0 Å². The van der Waals surface area contributed by atoms with E-state index in [1.807, 2.05) is 38.1 Å². The first-order chi connectivity index (χ1) is 8.04. The Labute approximate surface area is 102 Å². The fraction of sp³-hybridized carbons (Fsp3) is 0.462. The molecule has 0 aliphatic heterocycles. The Morgan fingerprint density at radius 2 is 1.88 bits per heavy atom. The molecular weight excluding hydrogens is 218 g/mol. The molecule has 0 aliphatic carbocycles. The normalized spacial score (nSPS) is 10.4. The summed E-state index contributed by atoms with van der Waals surface area (Å²) in [7, 11) is 3.34. The van der Waals surface area contributed by atoms with Gasteiger partial charge in [-0.15, -0.1) is 0 Å². The molecule has 1 rings (SSSR count). The molecule has 0 N–H and O–H groups in total. The van der Waals surface area contributed by atoms with Crippen LogP contribution in [-0.4, -0.2) is 32.8 Å². The van der Waals surface area contributed by atoms with Crippen molar-refractivity contribution in [2.24, 2.45) is 0 Å². The molecule has 4 heteroatoms. The molecule has 1 aromatic carbocycles. The summed E-state index contributed by atoms with van der Waals surface area (Å²) in [6.07, 6.45) is 0.0585. The van der Waals surface area contributed by atoms with E-state index >= 15 is 0 Å².